The Morgan fingerprint density at radius 3 is 2.61 bits per heavy atom. The summed E-state index contributed by atoms with van der Waals surface area (Å²) in [5.74, 6) is -0.261. The summed E-state index contributed by atoms with van der Waals surface area (Å²) in [4.78, 5) is 27.1. The first-order chi connectivity index (χ1) is 10.6. The van der Waals surface area contributed by atoms with Gasteiger partial charge >= 0.3 is 12.3 Å². The average molecular weight is 338 g/mol. The molecule has 2 saturated heterocycles. The lowest BCUT2D eigenvalue weighted by Gasteiger charge is -2.40. The van der Waals surface area contributed by atoms with Crippen LogP contribution in [0.25, 0.3) is 0 Å². The molecule has 0 N–H and O–H groups in total. The number of amides is 2. The summed E-state index contributed by atoms with van der Waals surface area (Å²) in [6.45, 7) is 3.48. The molecule has 0 aromatic rings. The minimum Gasteiger partial charge on any atom is -0.440 e. The van der Waals surface area contributed by atoms with Gasteiger partial charge in [0.05, 0.1) is 12.2 Å². The third-order valence-electron chi connectivity index (χ3n) is 3.87. The van der Waals surface area contributed by atoms with Crippen LogP contribution in [0.15, 0.2) is 0 Å². The first-order valence-electron chi connectivity index (χ1n) is 7.52. The van der Waals surface area contributed by atoms with Crippen LogP contribution < -0.4 is 0 Å². The lowest BCUT2D eigenvalue weighted by Crippen LogP contribution is -2.55. The van der Waals surface area contributed by atoms with Crippen molar-refractivity contribution in [1.82, 2.24) is 9.80 Å². The second-order valence-electron chi connectivity index (χ2n) is 6.39. The molecule has 2 aliphatic heterocycles. The number of hydrogen-bond donors (Lipinski definition) is 0. The highest BCUT2D eigenvalue weighted by molar-refractivity contribution is 5.86. The standard InChI is InChI=1S/C14H21F3N2O4/c1-13(2)8-18(6-7-23-13)11(20)10-4-3-5-19(10)12(21)22-9-14(15,16)17/h10H,3-9H2,1-2H3/t10-/m1/s1. The molecule has 0 spiro atoms. The highest BCUT2D eigenvalue weighted by Gasteiger charge is 2.41. The number of morpholine rings is 1. The zero-order valence-corrected chi connectivity index (χ0v) is 13.2. The van der Waals surface area contributed by atoms with Crippen molar-refractivity contribution < 1.29 is 32.2 Å². The maximum absolute atomic E-state index is 12.6. The van der Waals surface area contributed by atoms with Gasteiger partial charge in [-0.15, -0.1) is 0 Å². The molecule has 0 bridgehead atoms. The van der Waals surface area contributed by atoms with Crippen LogP contribution in [-0.4, -0.2) is 72.5 Å². The number of likely N-dealkylation sites (tertiary alicyclic amines) is 1. The topological polar surface area (TPSA) is 59.1 Å². The fraction of sp³-hybridized carbons (Fsp3) is 0.857. The minimum atomic E-state index is -4.58. The molecule has 2 heterocycles. The number of nitrogens with zero attached hydrogens (tertiary/aromatic N) is 2. The fourth-order valence-corrected chi connectivity index (χ4v) is 2.88. The lowest BCUT2D eigenvalue weighted by molar-refractivity contribution is -0.163. The van der Waals surface area contributed by atoms with Gasteiger partial charge in [-0.05, 0) is 26.7 Å². The van der Waals surface area contributed by atoms with Crippen molar-refractivity contribution in [3.63, 3.8) is 0 Å². The largest absolute Gasteiger partial charge is 0.440 e. The second kappa shape index (κ2) is 6.54. The Labute approximate surface area is 132 Å². The minimum absolute atomic E-state index is 0.223. The van der Waals surface area contributed by atoms with Crippen molar-refractivity contribution in [3.05, 3.63) is 0 Å². The Hall–Kier alpha value is -1.51. The molecule has 0 unspecified atom stereocenters. The SMILES string of the molecule is CC1(C)CN(C(=O)[C@H]2CCCN2C(=O)OCC(F)(F)F)CCO1. The van der Waals surface area contributed by atoms with E-state index in [1.165, 1.54) is 0 Å². The monoisotopic (exact) mass is 338 g/mol. The number of hydrogen-bond acceptors (Lipinski definition) is 4. The van der Waals surface area contributed by atoms with Gasteiger partial charge in [-0.25, -0.2) is 4.79 Å². The van der Waals surface area contributed by atoms with Crippen LogP contribution in [0.1, 0.15) is 26.7 Å². The summed E-state index contributed by atoms with van der Waals surface area (Å²) in [5, 5.41) is 0. The Balaban J connectivity index is 1.97. The predicted molar refractivity (Wildman–Crippen MR) is 73.7 cm³/mol. The lowest BCUT2D eigenvalue weighted by atomic mass is 10.1. The number of carbonyl (C=O) groups excluding carboxylic acids is 2. The number of halogens is 3. The molecule has 0 aliphatic carbocycles. The highest BCUT2D eigenvalue weighted by atomic mass is 19.4. The molecule has 9 heteroatoms. The van der Waals surface area contributed by atoms with E-state index in [0.29, 0.717) is 32.5 Å². The van der Waals surface area contributed by atoms with Crippen LogP contribution >= 0.6 is 0 Å². The third kappa shape index (κ3) is 4.73. The molecular weight excluding hydrogens is 317 g/mol. The van der Waals surface area contributed by atoms with Gasteiger partial charge in [-0.2, -0.15) is 13.2 Å². The van der Waals surface area contributed by atoms with Gasteiger partial charge in [0.1, 0.15) is 6.04 Å². The maximum atomic E-state index is 12.6. The Bertz CT molecular complexity index is 467. The summed E-state index contributed by atoms with van der Waals surface area (Å²) in [6, 6.07) is -0.760. The van der Waals surface area contributed by atoms with E-state index in [1.54, 1.807) is 4.90 Å². The number of carbonyl (C=O) groups is 2. The molecule has 0 aromatic heterocycles. The summed E-state index contributed by atoms with van der Waals surface area (Å²) in [5.41, 5.74) is -0.478. The smallest absolute Gasteiger partial charge is 0.422 e. The van der Waals surface area contributed by atoms with Crippen molar-refractivity contribution >= 4 is 12.0 Å². The molecule has 23 heavy (non-hydrogen) atoms. The van der Waals surface area contributed by atoms with E-state index >= 15 is 0 Å². The number of ether oxygens (including phenoxy) is 2. The van der Waals surface area contributed by atoms with Gasteiger partial charge in [-0.3, -0.25) is 9.69 Å². The van der Waals surface area contributed by atoms with Crippen LogP contribution in [0, 0.1) is 0 Å². The zero-order valence-electron chi connectivity index (χ0n) is 13.2. The highest BCUT2D eigenvalue weighted by Crippen LogP contribution is 2.24. The van der Waals surface area contributed by atoms with Crippen molar-refractivity contribution in [2.24, 2.45) is 0 Å². The Kier molecular flexibility index (Phi) is 5.07. The second-order valence-corrected chi connectivity index (χ2v) is 6.39. The van der Waals surface area contributed by atoms with E-state index in [9.17, 15) is 22.8 Å². The van der Waals surface area contributed by atoms with Crippen LogP contribution in [0.4, 0.5) is 18.0 Å². The third-order valence-corrected chi connectivity index (χ3v) is 3.87. The molecule has 2 rings (SSSR count). The Morgan fingerprint density at radius 1 is 1.30 bits per heavy atom. The summed E-state index contributed by atoms with van der Waals surface area (Å²) in [7, 11) is 0. The van der Waals surface area contributed by atoms with Crippen molar-refractivity contribution in [2.45, 2.75) is 44.5 Å². The average Bonchev–Trinajstić information content (AvgIpc) is 2.91. The molecule has 6 nitrogen and oxygen atoms in total. The van der Waals surface area contributed by atoms with Gasteiger partial charge < -0.3 is 14.4 Å². The zero-order chi connectivity index (χ0) is 17.3. The molecule has 0 radical (unpaired) electrons. The normalized spacial score (nSPS) is 24.7. The first-order valence-corrected chi connectivity index (χ1v) is 7.52. The number of rotatable bonds is 2. The predicted octanol–water partition coefficient (Wildman–Crippen LogP) is 1.79. The van der Waals surface area contributed by atoms with E-state index in [-0.39, 0.29) is 12.5 Å². The van der Waals surface area contributed by atoms with E-state index in [0.717, 1.165) is 4.90 Å². The molecule has 1 atom stereocenters. The maximum Gasteiger partial charge on any atom is 0.422 e. The van der Waals surface area contributed by atoms with Gasteiger partial charge in [0.15, 0.2) is 6.61 Å². The van der Waals surface area contributed by atoms with Gasteiger partial charge in [0.25, 0.3) is 0 Å². The van der Waals surface area contributed by atoms with E-state index < -0.39 is 30.5 Å². The first kappa shape index (κ1) is 17.8. The Morgan fingerprint density at radius 2 is 2.00 bits per heavy atom. The van der Waals surface area contributed by atoms with Gasteiger partial charge in [0, 0.05) is 19.6 Å². The van der Waals surface area contributed by atoms with Crippen molar-refractivity contribution in [2.75, 3.05) is 32.8 Å². The van der Waals surface area contributed by atoms with E-state index in [4.69, 9.17) is 4.74 Å². The summed E-state index contributed by atoms with van der Waals surface area (Å²) >= 11 is 0. The molecule has 0 saturated carbocycles. The molecule has 132 valence electrons. The van der Waals surface area contributed by atoms with E-state index in [2.05, 4.69) is 4.74 Å². The molecule has 2 fully saturated rings. The van der Waals surface area contributed by atoms with Crippen molar-refractivity contribution in [1.29, 1.82) is 0 Å². The van der Waals surface area contributed by atoms with Crippen LogP contribution in [-0.2, 0) is 14.3 Å². The molecular formula is C14H21F3N2O4. The van der Waals surface area contributed by atoms with E-state index in [1.807, 2.05) is 13.8 Å². The van der Waals surface area contributed by atoms with Crippen LogP contribution in [0.3, 0.4) is 0 Å². The summed E-state index contributed by atoms with van der Waals surface area (Å²) in [6.07, 6.45) is -4.68. The van der Waals surface area contributed by atoms with Gasteiger partial charge in [0.2, 0.25) is 5.91 Å². The number of alkyl halides is 3. The molecule has 2 aliphatic rings. The summed E-state index contributed by atoms with van der Waals surface area (Å²) < 4.78 is 46.3. The fourth-order valence-electron chi connectivity index (χ4n) is 2.88. The van der Waals surface area contributed by atoms with Crippen LogP contribution in [0.5, 0.6) is 0 Å². The molecule has 0 aromatic carbocycles. The van der Waals surface area contributed by atoms with Crippen molar-refractivity contribution in [3.8, 4) is 0 Å². The molecule has 2 amide bonds. The van der Waals surface area contributed by atoms with Crippen LogP contribution in [0.2, 0.25) is 0 Å². The quantitative estimate of drug-likeness (QED) is 0.770. The van der Waals surface area contributed by atoms with Gasteiger partial charge in [-0.1, -0.05) is 0 Å².